The maximum absolute atomic E-state index is 12.4. The second-order valence-corrected chi connectivity index (χ2v) is 6.62. The zero-order valence-electron chi connectivity index (χ0n) is 12.7. The van der Waals surface area contributed by atoms with E-state index in [4.69, 9.17) is 0 Å². The molecule has 110 valence electrons. The van der Waals surface area contributed by atoms with E-state index < -0.39 is 0 Å². The lowest BCUT2D eigenvalue weighted by Gasteiger charge is -2.42. The second-order valence-electron chi connectivity index (χ2n) is 6.62. The SMILES string of the molecule is C[C@H](CC(=O)N1CC[C@@H](O)C(C)(C)C1)c1ccccc1. The standard InChI is InChI=1S/C17H25NO2/c1-13(14-7-5-4-6-8-14)11-16(20)18-10-9-15(19)17(2,3)12-18/h4-8,13,15,19H,9-12H2,1-3H3/t13-,15-/m1/s1. The van der Waals surface area contributed by atoms with Crippen molar-refractivity contribution in [1.82, 2.24) is 4.90 Å². The maximum atomic E-state index is 12.4. The molecule has 0 radical (unpaired) electrons. The van der Waals surface area contributed by atoms with E-state index in [0.29, 0.717) is 25.9 Å². The molecule has 1 heterocycles. The molecular formula is C17H25NO2. The third-order valence-electron chi connectivity index (χ3n) is 4.38. The molecule has 1 aromatic rings. The molecule has 2 atom stereocenters. The summed E-state index contributed by atoms with van der Waals surface area (Å²) < 4.78 is 0. The van der Waals surface area contributed by atoms with Crippen molar-refractivity contribution in [3.8, 4) is 0 Å². The van der Waals surface area contributed by atoms with Gasteiger partial charge in [0.1, 0.15) is 0 Å². The molecule has 1 saturated heterocycles. The van der Waals surface area contributed by atoms with E-state index in [9.17, 15) is 9.90 Å². The van der Waals surface area contributed by atoms with Gasteiger partial charge in [-0.2, -0.15) is 0 Å². The molecule has 0 aromatic heterocycles. The maximum Gasteiger partial charge on any atom is 0.223 e. The summed E-state index contributed by atoms with van der Waals surface area (Å²) in [6.07, 6.45) is 0.910. The van der Waals surface area contributed by atoms with E-state index in [1.54, 1.807) is 0 Å². The van der Waals surface area contributed by atoms with Crippen LogP contribution in [0.1, 0.15) is 45.1 Å². The minimum absolute atomic E-state index is 0.196. The predicted octanol–water partition coefficient (Wildman–Crippen LogP) is 2.80. The van der Waals surface area contributed by atoms with Crippen LogP contribution < -0.4 is 0 Å². The molecule has 1 fully saturated rings. The number of hydrogen-bond donors (Lipinski definition) is 1. The Balaban J connectivity index is 1.95. The molecule has 3 nitrogen and oxygen atoms in total. The normalized spacial score (nSPS) is 23.4. The molecule has 20 heavy (non-hydrogen) atoms. The van der Waals surface area contributed by atoms with Crippen LogP contribution in [0.2, 0.25) is 0 Å². The molecule has 1 aliphatic rings. The third kappa shape index (κ3) is 3.40. The van der Waals surface area contributed by atoms with Crippen molar-refractivity contribution in [3.63, 3.8) is 0 Å². The second kappa shape index (κ2) is 5.96. The molecule has 0 unspecified atom stereocenters. The van der Waals surface area contributed by atoms with Crippen molar-refractivity contribution >= 4 is 5.91 Å². The lowest BCUT2D eigenvalue weighted by atomic mass is 9.81. The Hall–Kier alpha value is -1.35. The van der Waals surface area contributed by atoms with Gasteiger partial charge in [-0.15, -0.1) is 0 Å². The van der Waals surface area contributed by atoms with Crippen LogP contribution in [0, 0.1) is 5.41 Å². The summed E-state index contributed by atoms with van der Waals surface area (Å²) in [5.74, 6) is 0.431. The Kier molecular flexibility index (Phi) is 4.48. The highest BCUT2D eigenvalue weighted by Gasteiger charge is 2.36. The Morgan fingerprint density at radius 2 is 2.05 bits per heavy atom. The molecule has 1 N–H and O–H groups in total. The van der Waals surface area contributed by atoms with E-state index >= 15 is 0 Å². The minimum atomic E-state index is -0.307. The molecule has 0 spiro atoms. The van der Waals surface area contributed by atoms with Crippen LogP contribution in [0.25, 0.3) is 0 Å². The fraction of sp³-hybridized carbons (Fsp3) is 0.588. The Morgan fingerprint density at radius 3 is 2.65 bits per heavy atom. The summed E-state index contributed by atoms with van der Waals surface area (Å²) in [5, 5.41) is 9.96. The smallest absolute Gasteiger partial charge is 0.223 e. The van der Waals surface area contributed by atoms with E-state index in [0.717, 1.165) is 0 Å². The lowest BCUT2D eigenvalue weighted by Crippen LogP contribution is -2.50. The van der Waals surface area contributed by atoms with E-state index in [1.807, 2.05) is 36.9 Å². The van der Waals surface area contributed by atoms with Gasteiger partial charge in [0.05, 0.1) is 6.10 Å². The first-order valence-corrected chi connectivity index (χ1v) is 7.41. The van der Waals surface area contributed by atoms with E-state index in [1.165, 1.54) is 5.56 Å². The van der Waals surface area contributed by atoms with Crippen molar-refractivity contribution in [1.29, 1.82) is 0 Å². The number of hydrogen-bond acceptors (Lipinski definition) is 2. The third-order valence-corrected chi connectivity index (χ3v) is 4.38. The number of carbonyl (C=O) groups excluding carboxylic acids is 1. The number of carbonyl (C=O) groups is 1. The summed E-state index contributed by atoms with van der Waals surface area (Å²) in [7, 11) is 0. The first kappa shape index (κ1) is 15.0. The number of nitrogens with zero attached hydrogens (tertiary/aromatic N) is 1. The quantitative estimate of drug-likeness (QED) is 0.921. The van der Waals surface area contributed by atoms with Crippen molar-refractivity contribution < 1.29 is 9.90 Å². The number of piperidine rings is 1. The highest BCUT2D eigenvalue weighted by molar-refractivity contribution is 5.77. The number of benzene rings is 1. The van der Waals surface area contributed by atoms with Crippen molar-refractivity contribution in [2.75, 3.05) is 13.1 Å². The number of likely N-dealkylation sites (tertiary alicyclic amines) is 1. The largest absolute Gasteiger partial charge is 0.392 e. The molecule has 2 rings (SSSR count). The van der Waals surface area contributed by atoms with Gasteiger partial charge in [0, 0.05) is 24.9 Å². The number of aliphatic hydroxyl groups is 1. The van der Waals surface area contributed by atoms with E-state index in [2.05, 4.69) is 19.1 Å². The average Bonchev–Trinajstić information content (AvgIpc) is 2.42. The van der Waals surface area contributed by atoms with Gasteiger partial charge in [-0.05, 0) is 17.9 Å². The molecule has 3 heteroatoms. The van der Waals surface area contributed by atoms with Crippen LogP contribution in [0.3, 0.4) is 0 Å². The van der Waals surface area contributed by atoms with Gasteiger partial charge in [-0.3, -0.25) is 4.79 Å². The first-order chi connectivity index (χ1) is 9.40. The Labute approximate surface area is 121 Å². The average molecular weight is 275 g/mol. The van der Waals surface area contributed by atoms with Crippen LogP contribution in [-0.4, -0.2) is 35.1 Å². The molecule has 1 aromatic carbocycles. The Morgan fingerprint density at radius 1 is 1.40 bits per heavy atom. The van der Waals surface area contributed by atoms with Crippen molar-refractivity contribution in [3.05, 3.63) is 35.9 Å². The van der Waals surface area contributed by atoms with Crippen LogP contribution in [0.5, 0.6) is 0 Å². The minimum Gasteiger partial charge on any atom is -0.392 e. The fourth-order valence-electron chi connectivity index (χ4n) is 2.85. The molecule has 1 aliphatic heterocycles. The molecular weight excluding hydrogens is 250 g/mol. The number of amides is 1. The van der Waals surface area contributed by atoms with Crippen molar-refractivity contribution in [2.24, 2.45) is 5.41 Å². The van der Waals surface area contributed by atoms with Crippen LogP contribution in [0.15, 0.2) is 30.3 Å². The van der Waals surface area contributed by atoms with Crippen LogP contribution >= 0.6 is 0 Å². The highest BCUT2D eigenvalue weighted by Crippen LogP contribution is 2.30. The van der Waals surface area contributed by atoms with Gasteiger partial charge in [0.25, 0.3) is 0 Å². The summed E-state index contributed by atoms with van der Waals surface area (Å²) in [6.45, 7) is 7.46. The summed E-state index contributed by atoms with van der Waals surface area (Å²) in [5.41, 5.74) is 1.00. The van der Waals surface area contributed by atoms with Gasteiger partial charge in [-0.1, -0.05) is 51.1 Å². The van der Waals surface area contributed by atoms with E-state index in [-0.39, 0.29) is 23.3 Å². The fourth-order valence-corrected chi connectivity index (χ4v) is 2.85. The summed E-state index contributed by atoms with van der Waals surface area (Å²) in [4.78, 5) is 14.3. The van der Waals surface area contributed by atoms with Gasteiger partial charge in [-0.25, -0.2) is 0 Å². The predicted molar refractivity (Wildman–Crippen MR) is 80.5 cm³/mol. The topological polar surface area (TPSA) is 40.5 Å². The lowest BCUT2D eigenvalue weighted by molar-refractivity contribution is -0.138. The first-order valence-electron chi connectivity index (χ1n) is 7.41. The van der Waals surface area contributed by atoms with Gasteiger partial charge >= 0.3 is 0 Å². The van der Waals surface area contributed by atoms with Crippen molar-refractivity contribution in [2.45, 2.75) is 45.6 Å². The number of rotatable bonds is 3. The summed E-state index contributed by atoms with van der Waals surface area (Å²) >= 11 is 0. The molecule has 1 amide bonds. The summed E-state index contributed by atoms with van der Waals surface area (Å²) in [6, 6.07) is 10.2. The van der Waals surface area contributed by atoms with Gasteiger partial charge in [0.2, 0.25) is 5.91 Å². The van der Waals surface area contributed by atoms with Gasteiger partial charge in [0.15, 0.2) is 0 Å². The van der Waals surface area contributed by atoms with Crippen LogP contribution in [-0.2, 0) is 4.79 Å². The molecule has 0 saturated carbocycles. The molecule has 0 aliphatic carbocycles. The zero-order chi connectivity index (χ0) is 14.8. The Bertz CT molecular complexity index is 455. The van der Waals surface area contributed by atoms with Crippen LogP contribution in [0.4, 0.5) is 0 Å². The molecule has 0 bridgehead atoms. The monoisotopic (exact) mass is 275 g/mol. The van der Waals surface area contributed by atoms with Gasteiger partial charge < -0.3 is 10.0 Å². The number of aliphatic hydroxyl groups excluding tert-OH is 1. The zero-order valence-corrected chi connectivity index (χ0v) is 12.7. The highest BCUT2D eigenvalue weighted by atomic mass is 16.3.